The fraction of sp³-hybridized carbons (Fsp3) is 0.421. The van der Waals surface area contributed by atoms with E-state index in [9.17, 15) is 27.1 Å². The highest BCUT2D eigenvalue weighted by Gasteiger charge is 2.43. The van der Waals surface area contributed by atoms with Crippen LogP contribution in [0.3, 0.4) is 0 Å². The fourth-order valence-electron chi connectivity index (χ4n) is 2.94. The van der Waals surface area contributed by atoms with Crippen LogP contribution in [0.5, 0.6) is 0 Å². The number of aliphatic hydroxyl groups is 1. The standard InChI is InChI=1S/C17H14F5NO.C2H6/c18-12-6-5-11(15(19)14(12)16(24)17(20,21)22)13-7-9-3-1-2-4-10(9)8-23-13;1-2/h5-8,16,24H,1-4H2;1-2H3. The van der Waals surface area contributed by atoms with Gasteiger partial charge in [0.05, 0.1) is 11.3 Å². The molecular weight excluding hydrogens is 353 g/mol. The van der Waals surface area contributed by atoms with E-state index in [1.807, 2.05) is 13.8 Å². The van der Waals surface area contributed by atoms with E-state index in [1.165, 1.54) is 0 Å². The molecule has 0 radical (unpaired) electrons. The largest absolute Gasteiger partial charge is 0.418 e. The Hall–Kier alpha value is -2.02. The van der Waals surface area contributed by atoms with Crippen LogP contribution in [0.2, 0.25) is 0 Å². The molecule has 2 nitrogen and oxygen atoms in total. The van der Waals surface area contributed by atoms with Crippen molar-refractivity contribution >= 4 is 0 Å². The summed E-state index contributed by atoms with van der Waals surface area (Å²) in [5.74, 6) is -2.89. The predicted octanol–water partition coefficient (Wildman–Crippen LogP) is 5.53. The molecule has 0 bridgehead atoms. The first kappa shape index (κ1) is 20.3. The molecule has 1 atom stereocenters. The smallest absolute Gasteiger partial charge is 0.379 e. The molecular formula is C19H20F5NO. The van der Waals surface area contributed by atoms with E-state index >= 15 is 0 Å². The van der Waals surface area contributed by atoms with E-state index in [0.29, 0.717) is 6.07 Å². The maximum Gasteiger partial charge on any atom is 0.418 e. The van der Waals surface area contributed by atoms with Gasteiger partial charge in [-0.05, 0) is 55.0 Å². The molecule has 3 rings (SSSR count). The summed E-state index contributed by atoms with van der Waals surface area (Å²) >= 11 is 0. The monoisotopic (exact) mass is 373 g/mol. The molecule has 2 aromatic rings. The van der Waals surface area contributed by atoms with E-state index in [4.69, 9.17) is 0 Å². The van der Waals surface area contributed by atoms with Gasteiger partial charge in [-0.2, -0.15) is 13.2 Å². The summed E-state index contributed by atoms with van der Waals surface area (Å²) in [4.78, 5) is 4.09. The Bertz CT molecular complexity index is 773. The van der Waals surface area contributed by atoms with Crippen molar-refractivity contribution in [1.29, 1.82) is 0 Å². The predicted molar refractivity (Wildman–Crippen MR) is 88.6 cm³/mol. The van der Waals surface area contributed by atoms with Crippen molar-refractivity contribution in [3.63, 3.8) is 0 Å². The highest BCUT2D eigenvalue weighted by molar-refractivity contribution is 5.63. The summed E-state index contributed by atoms with van der Waals surface area (Å²) in [7, 11) is 0. The Morgan fingerprint density at radius 1 is 1.04 bits per heavy atom. The van der Waals surface area contributed by atoms with Gasteiger partial charge in [-0.15, -0.1) is 0 Å². The number of aliphatic hydroxyl groups excluding tert-OH is 1. The Labute approximate surface area is 148 Å². The second kappa shape index (κ2) is 8.12. The average molecular weight is 373 g/mol. The Morgan fingerprint density at radius 2 is 1.65 bits per heavy atom. The lowest BCUT2D eigenvalue weighted by atomic mass is 9.91. The molecule has 0 saturated heterocycles. The molecule has 0 fully saturated rings. The first-order valence-electron chi connectivity index (χ1n) is 8.50. The molecule has 1 aliphatic rings. The van der Waals surface area contributed by atoms with Crippen LogP contribution in [0, 0.1) is 11.6 Å². The van der Waals surface area contributed by atoms with Gasteiger partial charge >= 0.3 is 6.18 Å². The third-order valence-electron chi connectivity index (χ3n) is 4.21. The van der Waals surface area contributed by atoms with Crippen molar-refractivity contribution in [1.82, 2.24) is 4.98 Å². The summed E-state index contributed by atoms with van der Waals surface area (Å²) in [5, 5.41) is 9.26. The minimum Gasteiger partial charge on any atom is -0.379 e. The molecule has 1 aromatic carbocycles. The van der Waals surface area contributed by atoms with Gasteiger partial charge in [-0.1, -0.05) is 13.8 Å². The van der Waals surface area contributed by atoms with Gasteiger partial charge in [0.25, 0.3) is 0 Å². The van der Waals surface area contributed by atoms with Gasteiger partial charge < -0.3 is 5.11 Å². The third-order valence-corrected chi connectivity index (χ3v) is 4.21. The van der Waals surface area contributed by atoms with Crippen LogP contribution in [0.25, 0.3) is 11.3 Å². The molecule has 0 amide bonds. The topological polar surface area (TPSA) is 33.1 Å². The average Bonchev–Trinajstić information content (AvgIpc) is 2.62. The van der Waals surface area contributed by atoms with Crippen LogP contribution >= 0.6 is 0 Å². The molecule has 0 saturated carbocycles. The summed E-state index contributed by atoms with van der Waals surface area (Å²) in [6.45, 7) is 4.00. The second-order valence-electron chi connectivity index (χ2n) is 5.81. The number of benzene rings is 1. The maximum absolute atomic E-state index is 14.5. The fourth-order valence-corrected chi connectivity index (χ4v) is 2.94. The number of aromatic nitrogens is 1. The minimum absolute atomic E-state index is 0.128. The molecule has 0 spiro atoms. The summed E-state index contributed by atoms with van der Waals surface area (Å²) in [5.41, 5.74) is 0.460. The molecule has 142 valence electrons. The van der Waals surface area contributed by atoms with Crippen molar-refractivity contribution in [3.8, 4) is 11.3 Å². The molecule has 0 aliphatic heterocycles. The second-order valence-corrected chi connectivity index (χ2v) is 5.81. The Balaban J connectivity index is 0.00000117. The van der Waals surface area contributed by atoms with E-state index in [-0.39, 0.29) is 11.3 Å². The van der Waals surface area contributed by atoms with Gasteiger partial charge in [0.2, 0.25) is 0 Å². The lowest BCUT2D eigenvalue weighted by molar-refractivity contribution is -0.208. The van der Waals surface area contributed by atoms with Gasteiger partial charge in [0.1, 0.15) is 11.6 Å². The lowest BCUT2D eigenvalue weighted by Crippen LogP contribution is -2.23. The first-order valence-corrected chi connectivity index (χ1v) is 8.50. The number of fused-ring (bicyclic) bond motifs is 1. The normalized spacial score (nSPS) is 14.9. The Morgan fingerprint density at radius 3 is 2.27 bits per heavy atom. The highest BCUT2D eigenvalue weighted by atomic mass is 19.4. The van der Waals surface area contributed by atoms with Crippen LogP contribution in [0.1, 0.15) is 49.5 Å². The summed E-state index contributed by atoms with van der Waals surface area (Å²) in [6, 6.07) is 3.37. The maximum atomic E-state index is 14.5. The molecule has 26 heavy (non-hydrogen) atoms. The molecule has 1 aromatic heterocycles. The van der Waals surface area contributed by atoms with Crippen LogP contribution in [0.15, 0.2) is 24.4 Å². The van der Waals surface area contributed by atoms with Gasteiger partial charge in [0, 0.05) is 11.8 Å². The van der Waals surface area contributed by atoms with Crippen molar-refractivity contribution < 1.29 is 27.1 Å². The number of pyridine rings is 1. The molecule has 1 N–H and O–H groups in total. The van der Waals surface area contributed by atoms with E-state index in [2.05, 4.69) is 4.98 Å². The molecule has 1 unspecified atom stereocenters. The molecule has 7 heteroatoms. The number of hydrogen-bond donors (Lipinski definition) is 1. The number of halogens is 5. The van der Waals surface area contributed by atoms with Crippen molar-refractivity contribution in [2.24, 2.45) is 0 Å². The zero-order valence-corrected chi connectivity index (χ0v) is 14.5. The lowest BCUT2D eigenvalue weighted by Gasteiger charge is -2.19. The molecule has 1 heterocycles. The minimum atomic E-state index is -5.16. The van der Waals surface area contributed by atoms with Crippen LogP contribution < -0.4 is 0 Å². The Kier molecular flexibility index (Phi) is 6.34. The van der Waals surface area contributed by atoms with Crippen molar-refractivity contribution in [2.75, 3.05) is 0 Å². The molecule has 1 aliphatic carbocycles. The van der Waals surface area contributed by atoms with Crippen molar-refractivity contribution in [3.05, 3.63) is 52.7 Å². The zero-order chi connectivity index (χ0) is 19.5. The number of aryl methyl sites for hydroxylation is 2. The van der Waals surface area contributed by atoms with Gasteiger partial charge in [-0.25, -0.2) is 8.78 Å². The number of nitrogens with zero attached hydrogens (tertiary/aromatic N) is 1. The van der Waals surface area contributed by atoms with Crippen LogP contribution in [0.4, 0.5) is 22.0 Å². The van der Waals surface area contributed by atoms with Crippen LogP contribution in [-0.2, 0) is 12.8 Å². The number of hydrogen-bond acceptors (Lipinski definition) is 2. The van der Waals surface area contributed by atoms with Crippen LogP contribution in [-0.4, -0.2) is 16.3 Å². The van der Waals surface area contributed by atoms with E-state index in [0.717, 1.165) is 42.9 Å². The van der Waals surface area contributed by atoms with Gasteiger partial charge in [-0.3, -0.25) is 4.98 Å². The number of alkyl halides is 3. The van der Waals surface area contributed by atoms with E-state index in [1.54, 1.807) is 12.3 Å². The summed E-state index contributed by atoms with van der Waals surface area (Å²) < 4.78 is 66.1. The van der Waals surface area contributed by atoms with E-state index < -0.39 is 29.5 Å². The van der Waals surface area contributed by atoms with Crippen molar-refractivity contribution in [2.45, 2.75) is 51.8 Å². The SMILES string of the molecule is CC.OC(c1c(F)ccc(-c2cc3c(cn2)CCCC3)c1F)C(F)(F)F. The quantitative estimate of drug-likeness (QED) is 0.703. The highest BCUT2D eigenvalue weighted by Crippen LogP contribution is 2.38. The first-order chi connectivity index (χ1) is 12.3. The summed E-state index contributed by atoms with van der Waals surface area (Å²) in [6.07, 6.45) is -3.18. The third kappa shape index (κ3) is 4.03. The zero-order valence-electron chi connectivity index (χ0n) is 14.5. The van der Waals surface area contributed by atoms with Gasteiger partial charge in [0.15, 0.2) is 6.10 Å². The number of rotatable bonds is 2.